The van der Waals surface area contributed by atoms with Gasteiger partial charge in [0.1, 0.15) is 84.9 Å². The average molecular weight is 1850 g/mol. The number of hydrogen-bond donors (Lipinski definition) is 27. The highest BCUT2D eigenvalue weighted by atomic mass is 32.1. The minimum absolute atomic E-state index is 0.00721. The van der Waals surface area contributed by atoms with E-state index in [0.29, 0.717) is 63.4 Å². The van der Waals surface area contributed by atoms with Crippen LogP contribution in [-0.2, 0) is 112 Å². The molecule has 2 heterocycles. The molecule has 0 saturated carbocycles. The van der Waals surface area contributed by atoms with Crippen LogP contribution in [0.3, 0.4) is 0 Å². The number of amides is 17. The van der Waals surface area contributed by atoms with Gasteiger partial charge in [0.15, 0.2) is 5.96 Å². The maximum atomic E-state index is 15.4. The molecule has 0 spiro atoms. The lowest BCUT2D eigenvalue weighted by atomic mass is 9.99. The number of ether oxygens (including phenoxy) is 1. The van der Waals surface area contributed by atoms with Crippen LogP contribution in [0.15, 0.2) is 116 Å². The zero-order valence-electron chi connectivity index (χ0n) is 72.4. The van der Waals surface area contributed by atoms with Gasteiger partial charge < -0.3 is 133 Å². The van der Waals surface area contributed by atoms with Crippen molar-refractivity contribution in [2.45, 2.75) is 190 Å². The molecule has 0 saturated heterocycles. The Bertz CT molecular complexity index is 4900. The van der Waals surface area contributed by atoms with Crippen molar-refractivity contribution in [3.63, 3.8) is 0 Å². The molecular weight excluding hydrogens is 1730 g/mol. The number of hydrogen-bond acceptors (Lipinski definition) is 24. The molecule has 13 atom stereocenters. The molecule has 0 aliphatic carbocycles. The van der Waals surface area contributed by atoms with Gasteiger partial charge in [-0.3, -0.25) is 86.9 Å². The number of H-pyrrole nitrogens is 2. The van der Waals surface area contributed by atoms with Crippen molar-refractivity contribution in [3.8, 4) is 5.75 Å². The first-order valence-electron chi connectivity index (χ1n) is 42.1. The van der Waals surface area contributed by atoms with Crippen LogP contribution < -0.4 is 108 Å². The molecular formula is C85H119N23O20S2. The number of unbranched alkanes of at least 4 members (excludes halogenated alkanes) is 1. The Balaban J connectivity index is 1.25. The summed E-state index contributed by atoms with van der Waals surface area (Å²) < 4.78 is 5.36. The second kappa shape index (κ2) is 54.0. The third-order valence-electron chi connectivity index (χ3n) is 20.5. The molecule has 17 amide bonds. The number of aromatic hydroxyl groups is 1. The maximum absolute atomic E-state index is 15.4. The summed E-state index contributed by atoms with van der Waals surface area (Å²) in [6, 6.07) is 9.11. The summed E-state index contributed by atoms with van der Waals surface area (Å²) in [5.74, 6) is -17.8. The largest absolute Gasteiger partial charge is 0.508 e. The molecule has 4 aromatic carbocycles. The summed E-state index contributed by atoms with van der Waals surface area (Å²) in [6.45, 7) is 4.54. The van der Waals surface area contributed by atoms with Gasteiger partial charge in [-0.15, -0.1) is 0 Å². The second-order valence-electron chi connectivity index (χ2n) is 31.2. The Hall–Kier alpha value is -13.4. The molecule has 0 bridgehead atoms. The number of aliphatic hydroxyl groups is 1. The Kier molecular flexibility index (Phi) is 43.8. The predicted molar refractivity (Wildman–Crippen MR) is 484 cm³/mol. The number of phenolic OH excluding ortho intramolecular Hbond substituents is 1. The zero-order valence-corrected chi connectivity index (χ0v) is 74.2. The summed E-state index contributed by atoms with van der Waals surface area (Å²) in [7, 11) is 0. The van der Waals surface area contributed by atoms with Gasteiger partial charge in [-0.2, -0.15) is 25.3 Å². The minimum Gasteiger partial charge on any atom is -0.508 e. The molecule has 43 nitrogen and oxygen atoms in total. The van der Waals surface area contributed by atoms with E-state index in [0.717, 1.165) is 13.8 Å². The normalized spacial score (nSPS) is 14.1. The fraction of sp³-hybridized carbons (Fsp3) is 0.459. The van der Waals surface area contributed by atoms with E-state index in [9.17, 15) is 82.1 Å². The topological polar surface area (TPSA) is 706 Å². The SMILES string of the molecule is CC(=O)N[C@@H](CS)C(=O)N[C@@H](CCC(N)=O)C(=O)N[C@H](C(=O)N[C@@H](Cc1c[nH]c2ccccc12)C(=O)N[C@@H](CCC(N)=O)C(=O)N[C@@H](CS)C(=O)N[C@@H](Cc1ccc(O)cc1)C(=O)N[C@@H](Cc1c[nH]c2ccccc12)C(=O)N[C@@H](CCCNC(=N)N)C(=O)N[C@H](C(=O)N[C@@H](Cc1ccccc1)C(=O)NCC(=O)NCCOCC(=O)N[C@H](CCCCN)C(N)=O)C(C)C)[C@@H](C)O. The Labute approximate surface area is 760 Å². The number of fused-ring (bicyclic) bond motifs is 2. The van der Waals surface area contributed by atoms with Gasteiger partial charge in [-0.25, -0.2) is 0 Å². The number of thiol groups is 2. The fourth-order valence-electron chi connectivity index (χ4n) is 13.5. The van der Waals surface area contributed by atoms with Crippen molar-refractivity contribution >= 4 is 153 Å². The number of nitrogens with two attached hydrogens (primary N) is 5. The molecule has 0 fully saturated rings. The van der Waals surface area contributed by atoms with E-state index < -0.39 is 235 Å². The van der Waals surface area contributed by atoms with Crippen molar-refractivity contribution < 1.29 is 96.5 Å². The first-order chi connectivity index (χ1) is 61.9. The summed E-state index contributed by atoms with van der Waals surface area (Å²) in [4.78, 5) is 241. The van der Waals surface area contributed by atoms with Crippen molar-refractivity contribution in [2.24, 2.45) is 34.6 Å². The lowest BCUT2D eigenvalue weighted by Gasteiger charge is -2.29. The molecule has 2 aromatic heterocycles. The summed E-state index contributed by atoms with van der Waals surface area (Å²) in [6.07, 6.45) is -0.536. The standard InChI is InChI=1S/C85H119N23O20S2/c1-45(2)71(83(126)104-61(35-48-15-6-5-7-16-48)74(117)96-41-69(114)92-33-34-128-42-70(115)98-57(73(89)116)21-12-13-31-86)107-76(119)58(22-14-32-93-85(90)91)99-79(122)63(37-50-39-94-55-19-10-8-17-53(50)55)103-78(121)62(36-49-23-25-52(111)26-24-49)102-82(125)66(44-130)106-75(118)59(27-29-67(87)112)100-80(123)64(38-51-40-95-56-20-11-9-18-54(51)56)105-84(127)72(46(3)109)108-77(120)60(28-30-68(88)113)101-81(124)65(43-129)97-47(4)110/h5-11,15-20,23-26,39-40,45-46,57-66,71-72,94-95,109,111,129-130H,12-14,21-22,27-38,41-44,86H2,1-4H3,(H2,87,112)(H2,88,113)(H2,89,116)(H,92,114)(H,96,117)(H,97,110)(H,98,115)(H,99,122)(H,100,123)(H,101,124)(H,102,125)(H,103,121)(H,104,126)(H,105,127)(H,106,118)(H,107,119)(H,108,120)(H4,90,91,93)/t46-,57-,58+,59+,60+,61+,62+,63+,64+,65+,66+,71+,72+/m1/s1. The van der Waals surface area contributed by atoms with Crippen LogP contribution in [0, 0.1) is 11.3 Å². The van der Waals surface area contributed by atoms with E-state index in [2.05, 4.69) is 115 Å². The monoisotopic (exact) mass is 1850 g/mol. The Morgan fingerprint density at radius 2 is 0.838 bits per heavy atom. The number of carbonyl (C=O) groups is 17. The molecule has 0 aliphatic heterocycles. The third kappa shape index (κ3) is 35.7. The van der Waals surface area contributed by atoms with Crippen LogP contribution >= 0.6 is 25.3 Å². The zero-order chi connectivity index (χ0) is 95.7. The summed E-state index contributed by atoms with van der Waals surface area (Å²) >= 11 is 8.50. The van der Waals surface area contributed by atoms with Crippen LogP contribution in [0.5, 0.6) is 5.75 Å². The first kappa shape index (κ1) is 105. The Morgan fingerprint density at radius 3 is 1.32 bits per heavy atom. The molecule has 45 heteroatoms. The Morgan fingerprint density at radius 1 is 0.423 bits per heavy atom. The molecule has 706 valence electrons. The number of aromatic amines is 2. The molecule has 30 N–H and O–H groups in total. The lowest BCUT2D eigenvalue weighted by molar-refractivity contribution is -0.137. The summed E-state index contributed by atoms with van der Waals surface area (Å²) in [5.41, 5.74) is 30.6. The van der Waals surface area contributed by atoms with Gasteiger partial charge in [-0.05, 0) is 111 Å². The number of nitrogens with one attached hydrogen (secondary N) is 18. The van der Waals surface area contributed by atoms with Gasteiger partial charge in [0, 0.05) is 104 Å². The van der Waals surface area contributed by atoms with Crippen LogP contribution in [0.1, 0.15) is 108 Å². The molecule has 0 aliphatic rings. The van der Waals surface area contributed by atoms with Crippen LogP contribution in [0.4, 0.5) is 0 Å². The van der Waals surface area contributed by atoms with Gasteiger partial charge in [0.2, 0.25) is 100 Å². The second-order valence-corrected chi connectivity index (χ2v) is 31.9. The molecule has 6 aromatic rings. The van der Waals surface area contributed by atoms with Gasteiger partial charge >= 0.3 is 0 Å². The number of carbonyl (C=O) groups excluding carboxylic acids is 17. The summed E-state index contributed by atoms with van der Waals surface area (Å²) in [5, 5.41) is 68.8. The molecule has 6 rings (SSSR count). The predicted octanol–water partition coefficient (Wildman–Crippen LogP) is -4.98. The lowest BCUT2D eigenvalue weighted by Crippen LogP contribution is -2.62. The van der Waals surface area contributed by atoms with Gasteiger partial charge in [0.25, 0.3) is 0 Å². The highest BCUT2D eigenvalue weighted by molar-refractivity contribution is 7.80. The van der Waals surface area contributed by atoms with E-state index in [1.165, 1.54) is 30.5 Å². The number of phenols is 1. The average Bonchev–Trinajstić information content (AvgIpc) is 1.69. The van der Waals surface area contributed by atoms with Crippen LogP contribution in [0.2, 0.25) is 0 Å². The van der Waals surface area contributed by atoms with Crippen molar-refractivity contribution in [3.05, 3.63) is 138 Å². The number of aliphatic hydroxyl groups excluding tert-OH is 1. The van der Waals surface area contributed by atoms with E-state index in [4.69, 9.17) is 38.8 Å². The first-order valence-corrected chi connectivity index (χ1v) is 43.3. The van der Waals surface area contributed by atoms with Crippen molar-refractivity contribution in [1.29, 1.82) is 5.41 Å². The quantitative estimate of drug-likeness (QED) is 0.00736. The van der Waals surface area contributed by atoms with Crippen LogP contribution in [0.25, 0.3) is 21.8 Å². The molecule has 0 unspecified atom stereocenters. The molecule has 0 radical (unpaired) electrons. The third-order valence-corrected chi connectivity index (χ3v) is 21.2. The number of primary amides is 3. The molecule has 130 heavy (non-hydrogen) atoms. The van der Waals surface area contributed by atoms with E-state index in [1.54, 1.807) is 98.9 Å². The smallest absolute Gasteiger partial charge is 0.246 e. The van der Waals surface area contributed by atoms with Gasteiger partial charge in [-0.1, -0.05) is 92.7 Å². The number of para-hydroxylation sites is 2. The van der Waals surface area contributed by atoms with Crippen molar-refractivity contribution in [2.75, 3.05) is 50.9 Å². The van der Waals surface area contributed by atoms with Crippen molar-refractivity contribution in [1.82, 2.24) is 89.7 Å². The highest BCUT2D eigenvalue weighted by Crippen LogP contribution is 2.23. The van der Waals surface area contributed by atoms with Crippen LogP contribution in [-0.4, -0.2) is 256 Å². The van der Waals surface area contributed by atoms with E-state index in [-0.39, 0.29) is 76.1 Å². The maximum Gasteiger partial charge on any atom is 0.246 e. The highest BCUT2D eigenvalue weighted by Gasteiger charge is 2.39. The minimum atomic E-state index is -1.92. The fourth-order valence-corrected chi connectivity index (χ4v) is 14.1. The van der Waals surface area contributed by atoms with E-state index in [1.807, 2.05) is 0 Å². The van der Waals surface area contributed by atoms with E-state index >= 15 is 9.59 Å². The number of guanidine groups is 1. The van der Waals surface area contributed by atoms with Gasteiger partial charge in [0.05, 0.1) is 19.3 Å². The number of benzene rings is 4. The number of aromatic nitrogens is 2. The number of rotatable bonds is 57.